The van der Waals surface area contributed by atoms with Crippen molar-refractivity contribution >= 4 is 54.6 Å². The average molecular weight is 358 g/mol. The molecule has 0 saturated carbocycles. The van der Waals surface area contributed by atoms with Crippen molar-refractivity contribution in [3.8, 4) is 0 Å². The van der Waals surface area contributed by atoms with E-state index in [1.165, 1.54) is 11.3 Å². The van der Waals surface area contributed by atoms with Crippen LogP contribution in [0.15, 0.2) is 22.7 Å². The summed E-state index contributed by atoms with van der Waals surface area (Å²) in [5.41, 5.74) is 0.819. The normalized spacial score (nSPS) is 10.4. The number of carbonyl (C=O) groups excluding carboxylic acids is 1. The van der Waals surface area contributed by atoms with Gasteiger partial charge in [-0.3, -0.25) is 10.1 Å². The van der Waals surface area contributed by atoms with Gasteiger partial charge in [0, 0.05) is 17.4 Å². The number of hydrogen-bond donors (Lipinski definition) is 3. The van der Waals surface area contributed by atoms with Gasteiger partial charge in [-0.1, -0.05) is 27.3 Å². The summed E-state index contributed by atoms with van der Waals surface area (Å²) in [6.45, 7) is 0.314. The number of thiazole rings is 1. The molecule has 0 aliphatic carbocycles. The van der Waals surface area contributed by atoms with Crippen molar-refractivity contribution in [1.82, 2.24) is 10.3 Å². The van der Waals surface area contributed by atoms with Gasteiger partial charge in [-0.2, -0.15) is 0 Å². The number of benzene rings is 1. The molecule has 0 atom stereocenters. The van der Waals surface area contributed by atoms with Gasteiger partial charge in [0.15, 0.2) is 5.13 Å². The predicted octanol–water partition coefficient (Wildman–Crippen LogP) is 3.05. The van der Waals surface area contributed by atoms with Crippen LogP contribution in [0.3, 0.4) is 0 Å². The van der Waals surface area contributed by atoms with Crippen LogP contribution in [0.1, 0.15) is 12.8 Å². The van der Waals surface area contributed by atoms with Gasteiger partial charge < -0.3 is 10.4 Å². The number of nitrogens with one attached hydrogen (secondary N) is 2. The van der Waals surface area contributed by atoms with Crippen molar-refractivity contribution in [1.29, 1.82) is 0 Å². The molecule has 0 bridgehead atoms. The van der Waals surface area contributed by atoms with Crippen molar-refractivity contribution in [3.63, 3.8) is 0 Å². The van der Waals surface area contributed by atoms with Crippen LogP contribution in [0.5, 0.6) is 0 Å². The largest absolute Gasteiger partial charge is 0.481 e. The summed E-state index contributed by atoms with van der Waals surface area (Å²) in [4.78, 5) is 26.2. The van der Waals surface area contributed by atoms with Gasteiger partial charge in [0.25, 0.3) is 0 Å². The number of amides is 2. The Bertz CT molecular complexity index is 644. The third-order valence-electron chi connectivity index (χ3n) is 2.42. The maximum Gasteiger partial charge on any atom is 0.321 e. The molecule has 0 unspecified atom stereocenters. The second kappa shape index (κ2) is 6.67. The molecule has 3 N–H and O–H groups in total. The summed E-state index contributed by atoms with van der Waals surface area (Å²) in [6, 6.07) is 5.31. The average Bonchev–Trinajstić information content (AvgIpc) is 2.75. The number of urea groups is 1. The van der Waals surface area contributed by atoms with Crippen LogP contribution in [0, 0.1) is 0 Å². The maximum atomic E-state index is 11.6. The number of halogens is 1. The minimum atomic E-state index is -0.871. The third-order valence-corrected chi connectivity index (χ3v) is 3.85. The van der Waals surface area contributed by atoms with Gasteiger partial charge in [-0.05, 0) is 24.6 Å². The molecule has 106 valence electrons. The molecular weight excluding hydrogens is 346 g/mol. The zero-order chi connectivity index (χ0) is 14.5. The van der Waals surface area contributed by atoms with Gasteiger partial charge in [0.2, 0.25) is 0 Å². The van der Waals surface area contributed by atoms with E-state index in [1.807, 2.05) is 18.2 Å². The van der Waals surface area contributed by atoms with Gasteiger partial charge >= 0.3 is 12.0 Å². The Morgan fingerprint density at radius 1 is 1.40 bits per heavy atom. The zero-order valence-corrected chi connectivity index (χ0v) is 12.8. The number of fused-ring (bicyclic) bond motifs is 1. The van der Waals surface area contributed by atoms with Gasteiger partial charge in [-0.25, -0.2) is 9.78 Å². The van der Waals surface area contributed by atoms with Crippen molar-refractivity contribution in [2.24, 2.45) is 0 Å². The molecule has 2 aromatic rings. The van der Waals surface area contributed by atoms with Gasteiger partial charge in [0.05, 0.1) is 10.2 Å². The predicted molar refractivity (Wildman–Crippen MR) is 81.2 cm³/mol. The second-order valence-electron chi connectivity index (χ2n) is 4.01. The first-order valence-electron chi connectivity index (χ1n) is 5.87. The third kappa shape index (κ3) is 4.17. The molecule has 2 rings (SSSR count). The standard InChI is InChI=1S/C12H12BrN3O3S/c13-7-3-4-8-9(6-7)20-12(15-8)16-11(19)14-5-1-2-10(17)18/h3-4,6H,1-2,5H2,(H,17,18)(H2,14,15,16,19). The molecule has 8 heteroatoms. The lowest BCUT2D eigenvalue weighted by Crippen LogP contribution is -2.29. The van der Waals surface area contributed by atoms with E-state index in [0.717, 1.165) is 14.7 Å². The van der Waals surface area contributed by atoms with Crippen LogP contribution < -0.4 is 10.6 Å². The topological polar surface area (TPSA) is 91.3 Å². The number of carbonyl (C=O) groups is 2. The fourth-order valence-corrected chi connectivity index (χ4v) is 2.95. The van der Waals surface area contributed by atoms with Crippen molar-refractivity contribution in [3.05, 3.63) is 22.7 Å². The number of carboxylic acid groups (broad SMARTS) is 1. The molecule has 0 aliphatic rings. The summed E-state index contributed by atoms with van der Waals surface area (Å²) in [7, 11) is 0. The van der Waals surface area contributed by atoms with Crippen LogP contribution in [-0.2, 0) is 4.79 Å². The first kappa shape index (κ1) is 14.7. The molecule has 0 aliphatic heterocycles. The summed E-state index contributed by atoms with van der Waals surface area (Å²) in [5.74, 6) is -0.871. The highest BCUT2D eigenvalue weighted by atomic mass is 79.9. The SMILES string of the molecule is O=C(O)CCCNC(=O)Nc1nc2ccc(Br)cc2s1. The molecule has 20 heavy (non-hydrogen) atoms. The van der Waals surface area contributed by atoms with E-state index >= 15 is 0 Å². The van der Waals surface area contributed by atoms with Gasteiger partial charge in [-0.15, -0.1) is 0 Å². The molecule has 0 fully saturated rings. The zero-order valence-electron chi connectivity index (χ0n) is 10.4. The van der Waals surface area contributed by atoms with Crippen LogP contribution in [0.25, 0.3) is 10.2 Å². The van der Waals surface area contributed by atoms with E-state index in [0.29, 0.717) is 18.1 Å². The highest BCUT2D eigenvalue weighted by molar-refractivity contribution is 9.10. The van der Waals surface area contributed by atoms with Crippen LogP contribution in [0.4, 0.5) is 9.93 Å². The summed E-state index contributed by atoms with van der Waals surface area (Å²) >= 11 is 4.75. The van der Waals surface area contributed by atoms with E-state index in [1.54, 1.807) is 0 Å². The lowest BCUT2D eigenvalue weighted by Gasteiger charge is -2.03. The Morgan fingerprint density at radius 2 is 2.20 bits per heavy atom. The van der Waals surface area contributed by atoms with E-state index in [4.69, 9.17) is 5.11 Å². The smallest absolute Gasteiger partial charge is 0.321 e. The molecule has 6 nitrogen and oxygen atoms in total. The fourth-order valence-electron chi connectivity index (χ4n) is 1.53. The number of nitrogens with zero attached hydrogens (tertiary/aromatic N) is 1. The molecule has 1 heterocycles. The quantitative estimate of drug-likeness (QED) is 0.717. The monoisotopic (exact) mass is 357 g/mol. The van der Waals surface area contributed by atoms with E-state index < -0.39 is 5.97 Å². The molecule has 2 amide bonds. The second-order valence-corrected chi connectivity index (χ2v) is 5.96. The van der Waals surface area contributed by atoms with E-state index in [-0.39, 0.29) is 12.5 Å². The number of carboxylic acids is 1. The molecule has 0 radical (unpaired) electrons. The minimum Gasteiger partial charge on any atom is -0.481 e. The highest BCUT2D eigenvalue weighted by Crippen LogP contribution is 2.28. The number of aromatic nitrogens is 1. The van der Waals surface area contributed by atoms with Crippen LogP contribution in [0.2, 0.25) is 0 Å². The fraction of sp³-hybridized carbons (Fsp3) is 0.250. The van der Waals surface area contributed by atoms with Gasteiger partial charge in [0.1, 0.15) is 0 Å². The minimum absolute atomic E-state index is 0.0371. The lowest BCUT2D eigenvalue weighted by molar-refractivity contribution is -0.137. The Kier molecular flexibility index (Phi) is 4.91. The first-order chi connectivity index (χ1) is 9.54. The van der Waals surface area contributed by atoms with Crippen molar-refractivity contribution in [2.75, 3.05) is 11.9 Å². The highest BCUT2D eigenvalue weighted by Gasteiger charge is 2.07. The molecule has 1 aromatic heterocycles. The number of rotatable bonds is 5. The Balaban J connectivity index is 1.88. The Hall–Kier alpha value is -1.67. The van der Waals surface area contributed by atoms with Crippen LogP contribution in [-0.4, -0.2) is 28.6 Å². The Morgan fingerprint density at radius 3 is 2.95 bits per heavy atom. The number of anilines is 1. The van der Waals surface area contributed by atoms with E-state index in [2.05, 4.69) is 31.5 Å². The first-order valence-corrected chi connectivity index (χ1v) is 7.48. The molecule has 1 aromatic carbocycles. The number of aliphatic carboxylic acids is 1. The number of hydrogen-bond acceptors (Lipinski definition) is 4. The molecular formula is C12H12BrN3O3S. The Labute approximate surface area is 127 Å². The van der Waals surface area contributed by atoms with Crippen molar-refractivity contribution < 1.29 is 14.7 Å². The van der Waals surface area contributed by atoms with Crippen molar-refractivity contribution in [2.45, 2.75) is 12.8 Å². The molecule has 0 spiro atoms. The van der Waals surface area contributed by atoms with Crippen LogP contribution >= 0.6 is 27.3 Å². The summed E-state index contributed by atoms with van der Waals surface area (Å²) in [5, 5.41) is 14.2. The summed E-state index contributed by atoms with van der Waals surface area (Å²) < 4.78 is 1.93. The van der Waals surface area contributed by atoms with E-state index in [9.17, 15) is 9.59 Å². The summed E-state index contributed by atoms with van der Waals surface area (Å²) in [6.07, 6.45) is 0.436. The molecule has 0 saturated heterocycles. The maximum absolute atomic E-state index is 11.6. The lowest BCUT2D eigenvalue weighted by atomic mass is 10.3.